The van der Waals surface area contributed by atoms with Gasteiger partial charge in [-0.2, -0.15) is 0 Å². The molecule has 2 fully saturated rings. The SMILES string of the molecule is O=C1c2cc(N3CCN(Cc4cccnc4)CC3)ccc2CN1C1CCCCC1. The van der Waals surface area contributed by atoms with E-state index >= 15 is 0 Å². The van der Waals surface area contributed by atoms with Crippen LogP contribution in [-0.2, 0) is 13.1 Å². The summed E-state index contributed by atoms with van der Waals surface area (Å²) >= 11 is 0. The van der Waals surface area contributed by atoms with Crippen LogP contribution in [0.2, 0.25) is 0 Å². The zero-order valence-electron chi connectivity index (χ0n) is 17.1. The molecule has 5 heteroatoms. The zero-order valence-corrected chi connectivity index (χ0v) is 17.1. The maximum Gasteiger partial charge on any atom is 0.254 e. The minimum atomic E-state index is 0.254. The summed E-state index contributed by atoms with van der Waals surface area (Å²) in [6.45, 7) is 5.83. The number of hydrogen-bond donors (Lipinski definition) is 0. The highest BCUT2D eigenvalue weighted by molar-refractivity contribution is 5.99. The summed E-state index contributed by atoms with van der Waals surface area (Å²) in [6.07, 6.45) is 9.97. The summed E-state index contributed by atoms with van der Waals surface area (Å²) in [4.78, 5) is 24.3. The number of benzene rings is 1. The summed E-state index contributed by atoms with van der Waals surface area (Å²) in [5.41, 5.74) is 4.61. The van der Waals surface area contributed by atoms with Crippen LogP contribution in [-0.4, -0.2) is 52.9 Å². The Morgan fingerprint density at radius 1 is 1.00 bits per heavy atom. The highest BCUT2D eigenvalue weighted by Crippen LogP contribution is 2.33. The van der Waals surface area contributed by atoms with Crippen LogP contribution in [0.15, 0.2) is 42.7 Å². The molecule has 3 aliphatic rings. The molecule has 1 aliphatic carbocycles. The molecule has 0 radical (unpaired) electrons. The third kappa shape index (κ3) is 3.88. The second-order valence-corrected chi connectivity index (χ2v) is 8.69. The van der Waals surface area contributed by atoms with E-state index in [4.69, 9.17) is 0 Å². The number of aromatic nitrogens is 1. The molecule has 2 aliphatic heterocycles. The number of rotatable bonds is 4. The first-order chi connectivity index (χ1) is 14.3. The number of amides is 1. The van der Waals surface area contributed by atoms with Crippen LogP contribution >= 0.6 is 0 Å². The van der Waals surface area contributed by atoms with Crippen molar-refractivity contribution in [3.05, 3.63) is 59.4 Å². The van der Waals surface area contributed by atoms with Crippen molar-refractivity contribution < 1.29 is 4.79 Å². The molecule has 2 aromatic rings. The molecule has 0 N–H and O–H groups in total. The van der Waals surface area contributed by atoms with Gasteiger partial charge in [-0.3, -0.25) is 14.7 Å². The van der Waals surface area contributed by atoms with E-state index in [0.29, 0.717) is 6.04 Å². The Balaban J connectivity index is 1.23. The van der Waals surface area contributed by atoms with Crippen LogP contribution in [0, 0.1) is 0 Å². The molecule has 1 saturated heterocycles. The smallest absolute Gasteiger partial charge is 0.254 e. The van der Waals surface area contributed by atoms with Crippen molar-refractivity contribution in [3.63, 3.8) is 0 Å². The average Bonchev–Trinajstić information content (AvgIpc) is 3.12. The van der Waals surface area contributed by atoms with Crippen molar-refractivity contribution in [2.45, 2.75) is 51.2 Å². The van der Waals surface area contributed by atoms with Gasteiger partial charge in [-0.15, -0.1) is 0 Å². The largest absolute Gasteiger partial charge is 0.369 e. The first-order valence-electron chi connectivity index (χ1n) is 11.1. The molecule has 1 aromatic heterocycles. The van der Waals surface area contributed by atoms with E-state index in [1.165, 1.54) is 48.9 Å². The average molecular weight is 391 g/mol. The van der Waals surface area contributed by atoms with E-state index in [9.17, 15) is 4.79 Å². The lowest BCUT2D eigenvalue weighted by molar-refractivity contribution is 0.0660. The van der Waals surface area contributed by atoms with Crippen molar-refractivity contribution in [3.8, 4) is 0 Å². The predicted molar refractivity (Wildman–Crippen MR) is 115 cm³/mol. The number of carbonyl (C=O) groups excluding carboxylic acids is 1. The zero-order chi connectivity index (χ0) is 19.6. The molecule has 3 heterocycles. The molecule has 1 amide bonds. The fourth-order valence-electron chi connectivity index (χ4n) is 5.11. The van der Waals surface area contributed by atoms with Crippen molar-refractivity contribution in [1.29, 1.82) is 0 Å². The number of piperazine rings is 1. The van der Waals surface area contributed by atoms with Gasteiger partial charge in [0, 0.05) is 69.0 Å². The van der Waals surface area contributed by atoms with Gasteiger partial charge in [-0.1, -0.05) is 31.4 Å². The molecular formula is C24H30N4O. The first-order valence-corrected chi connectivity index (χ1v) is 11.1. The third-order valence-corrected chi connectivity index (χ3v) is 6.81. The first kappa shape index (κ1) is 18.6. The summed E-state index contributed by atoms with van der Waals surface area (Å²) < 4.78 is 0. The van der Waals surface area contributed by atoms with Gasteiger partial charge in [-0.05, 0) is 42.2 Å². The van der Waals surface area contributed by atoms with Gasteiger partial charge in [0.05, 0.1) is 0 Å². The van der Waals surface area contributed by atoms with Crippen LogP contribution in [0.3, 0.4) is 0 Å². The van der Waals surface area contributed by atoms with Crippen molar-refractivity contribution in [2.75, 3.05) is 31.1 Å². The minimum absolute atomic E-state index is 0.254. The molecule has 1 aromatic carbocycles. The molecule has 0 bridgehead atoms. The normalized spacial score (nSPS) is 20.9. The second kappa shape index (κ2) is 8.15. The Morgan fingerprint density at radius 3 is 2.59 bits per heavy atom. The molecule has 0 unspecified atom stereocenters. The summed E-state index contributed by atoms with van der Waals surface area (Å²) in [5, 5.41) is 0. The van der Waals surface area contributed by atoms with E-state index in [0.717, 1.165) is 44.8 Å². The topological polar surface area (TPSA) is 39.7 Å². The molecule has 5 nitrogen and oxygen atoms in total. The summed E-state index contributed by atoms with van der Waals surface area (Å²) in [6, 6.07) is 11.1. The van der Waals surface area contributed by atoms with Crippen molar-refractivity contribution >= 4 is 11.6 Å². The standard InChI is InChI=1S/C24H30N4O/c29-24-23-15-22(9-8-20(23)18-28(24)21-6-2-1-3-7-21)27-13-11-26(12-14-27)17-19-5-4-10-25-16-19/h4-5,8-10,15-16,21H,1-3,6-7,11-14,17-18H2. The van der Waals surface area contributed by atoms with Gasteiger partial charge >= 0.3 is 0 Å². The van der Waals surface area contributed by atoms with Crippen LogP contribution in [0.5, 0.6) is 0 Å². The van der Waals surface area contributed by atoms with Gasteiger partial charge in [0.1, 0.15) is 0 Å². The molecule has 0 spiro atoms. The Hall–Kier alpha value is -2.40. The van der Waals surface area contributed by atoms with Crippen LogP contribution in [0.1, 0.15) is 53.6 Å². The molecule has 0 atom stereocenters. The number of hydrogen-bond acceptors (Lipinski definition) is 4. The van der Waals surface area contributed by atoms with Gasteiger partial charge in [0.15, 0.2) is 0 Å². The maximum absolute atomic E-state index is 13.1. The summed E-state index contributed by atoms with van der Waals surface area (Å²) in [5.74, 6) is 0.254. The molecular weight excluding hydrogens is 360 g/mol. The van der Waals surface area contributed by atoms with Crippen LogP contribution in [0.25, 0.3) is 0 Å². The Kier molecular flexibility index (Phi) is 5.23. The van der Waals surface area contributed by atoms with E-state index in [1.807, 2.05) is 18.5 Å². The second-order valence-electron chi connectivity index (χ2n) is 8.69. The maximum atomic E-state index is 13.1. The Bertz CT molecular complexity index is 854. The predicted octanol–water partition coefficient (Wildman–Crippen LogP) is 3.69. The van der Waals surface area contributed by atoms with E-state index in [1.54, 1.807) is 0 Å². The van der Waals surface area contributed by atoms with Crippen molar-refractivity contribution in [2.24, 2.45) is 0 Å². The highest BCUT2D eigenvalue weighted by atomic mass is 16.2. The molecule has 5 rings (SSSR count). The number of anilines is 1. The van der Waals surface area contributed by atoms with Crippen LogP contribution in [0.4, 0.5) is 5.69 Å². The third-order valence-electron chi connectivity index (χ3n) is 6.81. The van der Waals surface area contributed by atoms with Gasteiger partial charge < -0.3 is 9.80 Å². The molecule has 1 saturated carbocycles. The van der Waals surface area contributed by atoms with Gasteiger partial charge in [0.25, 0.3) is 5.91 Å². The number of fused-ring (bicyclic) bond motifs is 1. The quantitative estimate of drug-likeness (QED) is 0.798. The summed E-state index contributed by atoms with van der Waals surface area (Å²) in [7, 11) is 0. The van der Waals surface area contributed by atoms with E-state index < -0.39 is 0 Å². The lowest BCUT2D eigenvalue weighted by Crippen LogP contribution is -2.46. The monoisotopic (exact) mass is 390 g/mol. The molecule has 152 valence electrons. The molecule has 29 heavy (non-hydrogen) atoms. The number of pyridine rings is 1. The van der Waals surface area contributed by atoms with Gasteiger partial charge in [0.2, 0.25) is 0 Å². The number of nitrogens with zero attached hydrogens (tertiary/aromatic N) is 4. The fraction of sp³-hybridized carbons (Fsp3) is 0.500. The lowest BCUT2D eigenvalue weighted by Gasteiger charge is -2.36. The van der Waals surface area contributed by atoms with Crippen LogP contribution < -0.4 is 4.90 Å². The van der Waals surface area contributed by atoms with Gasteiger partial charge in [-0.25, -0.2) is 0 Å². The highest BCUT2D eigenvalue weighted by Gasteiger charge is 2.33. The van der Waals surface area contributed by atoms with Crippen molar-refractivity contribution in [1.82, 2.24) is 14.8 Å². The number of carbonyl (C=O) groups is 1. The fourth-order valence-corrected chi connectivity index (χ4v) is 5.11. The van der Waals surface area contributed by atoms with E-state index in [-0.39, 0.29) is 5.91 Å². The minimum Gasteiger partial charge on any atom is -0.369 e. The van der Waals surface area contributed by atoms with E-state index in [2.05, 4.69) is 43.9 Å². The Morgan fingerprint density at radius 2 is 1.83 bits per heavy atom. The lowest BCUT2D eigenvalue weighted by atomic mass is 9.94. The Labute approximate surface area is 173 Å².